The highest BCUT2D eigenvalue weighted by molar-refractivity contribution is 8.01. The molecule has 0 saturated heterocycles. The Labute approximate surface area is 57.0 Å². The molecule has 0 N–H and O–H groups in total. The molecule has 0 aromatic carbocycles. The molecule has 0 aromatic heterocycles. The minimum Gasteiger partial charge on any atom is -0.878 e. The van der Waals surface area contributed by atoms with Gasteiger partial charge in [0.1, 0.15) is 18.3 Å². The molecule has 0 fully saturated rings. The van der Waals surface area contributed by atoms with Crippen LogP contribution in [0, 0.1) is 0 Å². The smallest absolute Gasteiger partial charge is 0.115 e. The van der Waals surface area contributed by atoms with E-state index in [9.17, 15) is 9.32 Å². The third-order valence-corrected chi connectivity index (χ3v) is 2.09. The molecule has 0 heterocycles. The molecule has 0 aromatic rings. The van der Waals surface area contributed by atoms with Gasteiger partial charge in [-0.3, -0.25) is 0 Å². The van der Waals surface area contributed by atoms with Crippen molar-refractivity contribution in [3.63, 3.8) is 0 Å². The van der Waals surface area contributed by atoms with Gasteiger partial charge < -0.3 is 5.11 Å². The molecular formula is C6H12O2S. The molecule has 54 valence electrons. The van der Waals surface area contributed by atoms with Crippen molar-refractivity contribution in [1.29, 1.82) is 0 Å². The summed E-state index contributed by atoms with van der Waals surface area (Å²) in [6.45, 7) is 0. The molecular weight excluding hydrogens is 136 g/mol. The van der Waals surface area contributed by atoms with E-state index in [-0.39, 0.29) is 0 Å². The lowest BCUT2D eigenvalue weighted by Gasteiger charge is -1.96. The second-order valence-corrected chi connectivity index (χ2v) is 5.58. The molecule has 0 saturated carbocycles. The van der Waals surface area contributed by atoms with E-state index in [1.54, 1.807) is 12.5 Å². The predicted molar refractivity (Wildman–Crippen MR) is 38.5 cm³/mol. The summed E-state index contributed by atoms with van der Waals surface area (Å²) >= 11 is 0. The van der Waals surface area contributed by atoms with Gasteiger partial charge in [-0.1, -0.05) is 6.08 Å². The van der Waals surface area contributed by atoms with Gasteiger partial charge in [0.15, 0.2) is 0 Å². The van der Waals surface area contributed by atoms with Gasteiger partial charge in [0.2, 0.25) is 0 Å². The number of hydrogen-bond donors (Lipinski definition) is 0. The van der Waals surface area contributed by atoms with Crippen LogP contribution in [0.25, 0.3) is 0 Å². The fourth-order valence-electron chi connectivity index (χ4n) is 0.420. The Balaban J connectivity index is 3.40. The fraction of sp³-hybridized carbons (Fsp3) is 0.667. The van der Waals surface area contributed by atoms with E-state index < -0.39 is 9.93 Å². The summed E-state index contributed by atoms with van der Waals surface area (Å²) in [6, 6.07) is 0. The first-order valence-electron chi connectivity index (χ1n) is 2.75. The van der Waals surface area contributed by atoms with E-state index in [0.29, 0.717) is 12.2 Å². The standard InChI is InChI=1S/C6H12O2S/c1-9(2,8)6-4-3-5-7/h3,5H,4,6H2,1-2H3/b5-3+. The van der Waals surface area contributed by atoms with Gasteiger partial charge >= 0.3 is 0 Å². The van der Waals surface area contributed by atoms with Gasteiger partial charge in [0.25, 0.3) is 0 Å². The molecule has 0 spiro atoms. The molecule has 3 heteroatoms. The summed E-state index contributed by atoms with van der Waals surface area (Å²) in [5.41, 5.74) is 0. The van der Waals surface area contributed by atoms with E-state index in [0.717, 1.165) is 6.26 Å². The number of allylic oxidation sites excluding steroid dienone is 1. The van der Waals surface area contributed by atoms with E-state index >= 15 is 0 Å². The summed E-state index contributed by atoms with van der Waals surface area (Å²) in [5, 5.41) is 9.74. The topological polar surface area (TPSA) is 40.1 Å². The molecule has 0 aliphatic rings. The molecule has 0 atom stereocenters. The lowest BCUT2D eigenvalue weighted by atomic mass is 10.5. The first-order chi connectivity index (χ1) is 4.06. The summed E-state index contributed by atoms with van der Waals surface area (Å²) < 4.78 is 10.9. The van der Waals surface area contributed by atoms with Crippen LogP contribution in [0.2, 0.25) is 0 Å². The second-order valence-electron chi connectivity index (χ2n) is 2.30. The zero-order valence-corrected chi connectivity index (χ0v) is 6.61. The van der Waals surface area contributed by atoms with Gasteiger partial charge in [-0.15, -0.1) is 4.21 Å². The maximum absolute atomic E-state index is 10.9. The quantitative estimate of drug-likeness (QED) is 0.418. The predicted octanol–water partition coefficient (Wildman–Crippen LogP) is 0.00960. The van der Waals surface area contributed by atoms with Crippen molar-refractivity contribution in [2.45, 2.75) is 6.42 Å². The Kier molecular flexibility index (Phi) is 3.54. The minimum atomic E-state index is -1.64. The van der Waals surface area contributed by atoms with Crippen molar-refractivity contribution >= 4 is 9.93 Å². The summed E-state index contributed by atoms with van der Waals surface area (Å²) in [7, 11) is -1.64. The van der Waals surface area contributed by atoms with E-state index in [1.165, 1.54) is 6.08 Å². The lowest BCUT2D eigenvalue weighted by molar-refractivity contribution is -0.275. The molecule has 0 aliphatic heterocycles. The zero-order valence-electron chi connectivity index (χ0n) is 5.79. The summed E-state index contributed by atoms with van der Waals surface area (Å²) in [5.74, 6) is 0.617. The van der Waals surface area contributed by atoms with Crippen molar-refractivity contribution in [1.82, 2.24) is 0 Å². The Morgan fingerprint density at radius 2 is 2.11 bits per heavy atom. The molecule has 0 amide bonds. The molecule has 0 unspecified atom stereocenters. The van der Waals surface area contributed by atoms with E-state index in [2.05, 4.69) is 0 Å². The highest BCUT2D eigenvalue weighted by Crippen LogP contribution is 1.96. The van der Waals surface area contributed by atoms with Crippen LogP contribution >= 0.6 is 0 Å². The average molecular weight is 148 g/mol. The summed E-state index contributed by atoms with van der Waals surface area (Å²) in [4.78, 5) is 0. The normalized spacial score (nSPS) is 12.7. The van der Waals surface area contributed by atoms with Crippen LogP contribution in [0.1, 0.15) is 6.42 Å². The fourth-order valence-corrected chi connectivity index (χ4v) is 1.12. The number of rotatable bonds is 3. The lowest BCUT2D eigenvalue weighted by Crippen LogP contribution is -2.09. The van der Waals surface area contributed by atoms with Crippen LogP contribution in [0.3, 0.4) is 0 Å². The van der Waals surface area contributed by atoms with E-state index in [4.69, 9.17) is 0 Å². The van der Waals surface area contributed by atoms with Crippen LogP contribution in [0.4, 0.5) is 0 Å². The first-order valence-corrected chi connectivity index (χ1v) is 5.29. The first kappa shape index (κ1) is 8.69. The van der Waals surface area contributed by atoms with Crippen molar-refractivity contribution < 1.29 is 9.32 Å². The molecule has 0 aliphatic carbocycles. The molecule has 2 nitrogen and oxygen atoms in total. The maximum Gasteiger partial charge on any atom is 0.115 e. The van der Waals surface area contributed by atoms with Crippen LogP contribution in [-0.4, -0.2) is 18.3 Å². The van der Waals surface area contributed by atoms with Gasteiger partial charge in [0.05, 0.1) is 9.93 Å². The highest BCUT2D eigenvalue weighted by atomic mass is 32.2. The van der Waals surface area contributed by atoms with Crippen molar-refractivity contribution in [3.8, 4) is 0 Å². The highest BCUT2D eigenvalue weighted by Gasteiger charge is 2.08. The Morgan fingerprint density at radius 3 is 2.44 bits per heavy atom. The maximum atomic E-state index is 10.9. The third-order valence-electron chi connectivity index (χ3n) is 0.872. The van der Waals surface area contributed by atoms with Gasteiger partial charge in [-0.2, -0.15) is 6.26 Å². The van der Waals surface area contributed by atoms with Crippen LogP contribution < -0.4 is 5.11 Å². The zero-order chi connectivity index (χ0) is 7.33. The van der Waals surface area contributed by atoms with Crippen LogP contribution in [-0.2, 0) is 14.1 Å². The molecule has 0 bridgehead atoms. The SMILES string of the molecule is C[S+](C)(=O)CC/C=C/[O-]. The third kappa shape index (κ3) is 7.69. The minimum absolute atomic E-state index is 0.617. The van der Waals surface area contributed by atoms with Crippen molar-refractivity contribution in [2.24, 2.45) is 0 Å². The molecule has 0 rings (SSSR count). The van der Waals surface area contributed by atoms with Crippen LogP contribution in [0.5, 0.6) is 0 Å². The largest absolute Gasteiger partial charge is 0.878 e. The Hall–Kier alpha value is -0.310. The Morgan fingerprint density at radius 1 is 1.56 bits per heavy atom. The summed E-state index contributed by atoms with van der Waals surface area (Å²) in [6.07, 6.45) is 6.27. The van der Waals surface area contributed by atoms with Gasteiger partial charge in [-0.25, -0.2) is 0 Å². The monoisotopic (exact) mass is 148 g/mol. The average Bonchev–Trinajstić information content (AvgIpc) is 1.63. The Bertz CT molecular complexity index is 134. The van der Waals surface area contributed by atoms with Gasteiger partial charge in [-0.05, 0) is 0 Å². The molecule has 0 radical (unpaired) electrons. The van der Waals surface area contributed by atoms with E-state index in [1.807, 2.05) is 0 Å². The number of hydrogen-bond acceptors (Lipinski definition) is 2. The van der Waals surface area contributed by atoms with Gasteiger partial charge in [0, 0.05) is 6.42 Å². The van der Waals surface area contributed by atoms with Crippen molar-refractivity contribution in [2.75, 3.05) is 18.3 Å². The molecule has 9 heavy (non-hydrogen) atoms. The second kappa shape index (κ2) is 3.67. The van der Waals surface area contributed by atoms with Crippen molar-refractivity contribution in [3.05, 3.63) is 12.3 Å². The van der Waals surface area contributed by atoms with Crippen LogP contribution in [0.15, 0.2) is 12.3 Å².